The van der Waals surface area contributed by atoms with Gasteiger partial charge < -0.3 is 10.2 Å². The summed E-state index contributed by atoms with van der Waals surface area (Å²) < 4.78 is 0. The van der Waals surface area contributed by atoms with Crippen molar-refractivity contribution in [3.05, 3.63) is 54.4 Å². The van der Waals surface area contributed by atoms with E-state index in [0.29, 0.717) is 0 Å². The molecule has 0 spiro atoms. The van der Waals surface area contributed by atoms with E-state index >= 15 is 0 Å². The summed E-state index contributed by atoms with van der Waals surface area (Å²) in [6.07, 6.45) is 1.79. The number of hydrogen-bond acceptors (Lipinski definition) is 3. The van der Waals surface area contributed by atoms with Crippen LogP contribution < -0.4 is 10.2 Å². The van der Waals surface area contributed by atoms with E-state index in [1.807, 2.05) is 35.2 Å². The molecule has 0 fully saturated rings. The summed E-state index contributed by atoms with van der Waals surface area (Å²) in [5.74, 6) is 0.318. The number of anilines is 2. The normalized spacial score (nSPS) is 23.8. The maximum atomic E-state index is 12.1. The number of aromatic nitrogens is 1. The second-order valence-electron chi connectivity index (χ2n) is 5.88. The van der Waals surface area contributed by atoms with Crippen LogP contribution in [0.1, 0.15) is 32.5 Å². The number of carbonyl (C=O) groups is 1. The lowest BCUT2D eigenvalue weighted by Crippen LogP contribution is -2.48. The van der Waals surface area contributed by atoms with Crippen LogP contribution in [0.25, 0.3) is 0 Å². The Labute approximate surface area is 131 Å². The molecule has 0 radical (unpaired) electrons. The van der Waals surface area contributed by atoms with Gasteiger partial charge in [-0.25, -0.2) is 0 Å². The minimum absolute atomic E-state index is 0.0618. The van der Waals surface area contributed by atoms with Crippen LogP contribution in [0.4, 0.5) is 11.4 Å². The number of rotatable bonds is 2. The summed E-state index contributed by atoms with van der Waals surface area (Å²) in [4.78, 5) is 18.5. The van der Waals surface area contributed by atoms with Gasteiger partial charge in [0, 0.05) is 30.8 Å². The minimum Gasteiger partial charge on any atom is -0.376 e. The maximum absolute atomic E-state index is 12.1. The Hall–Kier alpha value is -2.36. The lowest BCUT2D eigenvalue weighted by molar-refractivity contribution is -0.117. The fourth-order valence-electron chi connectivity index (χ4n) is 3.20. The number of pyridine rings is 1. The summed E-state index contributed by atoms with van der Waals surface area (Å²) in [6, 6.07) is 14.2. The van der Waals surface area contributed by atoms with Gasteiger partial charge in [0.05, 0.1) is 17.4 Å². The van der Waals surface area contributed by atoms with Crippen molar-refractivity contribution in [2.45, 2.75) is 32.9 Å². The second kappa shape index (κ2) is 5.79. The fraction of sp³-hybridized carbons (Fsp3) is 0.333. The average Bonchev–Trinajstić information content (AvgIpc) is 2.52. The standard InChI is InChI=1S/C18H21N3O/c1-12-13(2)21(14(3)22)16-10-7-11-19-18(16)17(12)20-15-8-5-4-6-9-15/h4-13,17,20H,1-3H3/t12-,13-,17?/m0/s1. The van der Waals surface area contributed by atoms with Gasteiger partial charge in [-0.3, -0.25) is 9.78 Å². The number of carbonyl (C=O) groups excluding carboxylic acids is 1. The lowest BCUT2D eigenvalue weighted by Gasteiger charge is -2.43. The van der Waals surface area contributed by atoms with Gasteiger partial charge >= 0.3 is 0 Å². The van der Waals surface area contributed by atoms with Crippen molar-refractivity contribution in [2.24, 2.45) is 5.92 Å². The smallest absolute Gasteiger partial charge is 0.224 e. The van der Waals surface area contributed by atoms with Gasteiger partial charge in [-0.1, -0.05) is 25.1 Å². The average molecular weight is 295 g/mol. The van der Waals surface area contributed by atoms with E-state index in [2.05, 4.69) is 36.3 Å². The van der Waals surface area contributed by atoms with E-state index in [1.165, 1.54) is 0 Å². The van der Waals surface area contributed by atoms with Crippen molar-refractivity contribution in [2.75, 3.05) is 10.2 Å². The summed E-state index contributed by atoms with van der Waals surface area (Å²) in [6.45, 7) is 5.88. The number of nitrogens with zero attached hydrogens (tertiary/aromatic N) is 2. The molecule has 1 unspecified atom stereocenters. The summed E-state index contributed by atoms with van der Waals surface area (Å²) >= 11 is 0. The fourth-order valence-corrected chi connectivity index (χ4v) is 3.20. The molecular formula is C18H21N3O. The predicted molar refractivity (Wildman–Crippen MR) is 88.8 cm³/mol. The third-order valence-electron chi connectivity index (χ3n) is 4.50. The van der Waals surface area contributed by atoms with Gasteiger partial charge in [0.25, 0.3) is 0 Å². The van der Waals surface area contributed by atoms with Crippen LogP contribution in [0.15, 0.2) is 48.7 Å². The molecule has 0 saturated carbocycles. The van der Waals surface area contributed by atoms with E-state index < -0.39 is 0 Å². The Kier molecular flexibility index (Phi) is 3.84. The molecule has 2 heterocycles. The molecule has 1 aromatic heterocycles. The van der Waals surface area contributed by atoms with Gasteiger partial charge in [-0.15, -0.1) is 0 Å². The van der Waals surface area contributed by atoms with Gasteiger partial charge in [-0.2, -0.15) is 0 Å². The molecule has 22 heavy (non-hydrogen) atoms. The quantitative estimate of drug-likeness (QED) is 0.920. The van der Waals surface area contributed by atoms with Crippen LogP contribution in [0, 0.1) is 5.92 Å². The highest BCUT2D eigenvalue weighted by Gasteiger charge is 2.38. The van der Waals surface area contributed by atoms with Crippen LogP contribution in [-0.2, 0) is 4.79 Å². The highest BCUT2D eigenvalue weighted by Crippen LogP contribution is 2.40. The van der Waals surface area contributed by atoms with E-state index in [1.54, 1.807) is 13.1 Å². The molecule has 2 aromatic rings. The van der Waals surface area contributed by atoms with Crippen molar-refractivity contribution < 1.29 is 4.79 Å². The van der Waals surface area contributed by atoms with E-state index in [0.717, 1.165) is 17.1 Å². The Morgan fingerprint density at radius 1 is 1.14 bits per heavy atom. The Morgan fingerprint density at radius 3 is 2.55 bits per heavy atom. The molecule has 3 atom stereocenters. The first-order valence-corrected chi connectivity index (χ1v) is 7.66. The zero-order chi connectivity index (χ0) is 15.7. The number of hydrogen-bond donors (Lipinski definition) is 1. The predicted octanol–water partition coefficient (Wildman–Crippen LogP) is 3.63. The lowest BCUT2D eigenvalue weighted by atomic mass is 9.85. The Morgan fingerprint density at radius 2 is 1.86 bits per heavy atom. The first kappa shape index (κ1) is 14.6. The third-order valence-corrected chi connectivity index (χ3v) is 4.50. The molecule has 1 N–H and O–H groups in total. The van der Waals surface area contributed by atoms with Gasteiger partial charge in [0.2, 0.25) is 5.91 Å². The van der Waals surface area contributed by atoms with E-state index in [4.69, 9.17) is 0 Å². The molecule has 0 aliphatic carbocycles. The molecule has 1 aliphatic rings. The van der Waals surface area contributed by atoms with Crippen molar-refractivity contribution in [1.29, 1.82) is 0 Å². The van der Waals surface area contributed by atoms with Gasteiger partial charge in [-0.05, 0) is 31.2 Å². The number of amides is 1. The number of fused-ring (bicyclic) bond motifs is 1. The minimum atomic E-state index is 0.0618. The van der Waals surface area contributed by atoms with Crippen LogP contribution in [0.2, 0.25) is 0 Å². The second-order valence-corrected chi connectivity index (χ2v) is 5.88. The van der Waals surface area contributed by atoms with Crippen LogP contribution in [-0.4, -0.2) is 16.9 Å². The first-order valence-electron chi connectivity index (χ1n) is 7.66. The summed E-state index contributed by atoms with van der Waals surface area (Å²) in [5.41, 5.74) is 2.92. The molecule has 4 heteroatoms. The van der Waals surface area contributed by atoms with E-state index in [-0.39, 0.29) is 23.9 Å². The highest BCUT2D eigenvalue weighted by atomic mass is 16.2. The molecule has 4 nitrogen and oxygen atoms in total. The van der Waals surface area contributed by atoms with Crippen molar-refractivity contribution >= 4 is 17.3 Å². The molecule has 1 amide bonds. The van der Waals surface area contributed by atoms with Crippen molar-refractivity contribution in [3.8, 4) is 0 Å². The number of nitrogens with one attached hydrogen (secondary N) is 1. The first-order chi connectivity index (χ1) is 10.6. The number of para-hydroxylation sites is 1. The summed E-state index contributed by atoms with van der Waals surface area (Å²) in [5, 5.41) is 3.58. The maximum Gasteiger partial charge on any atom is 0.224 e. The largest absolute Gasteiger partial charge is 0.376 e. The molecule has 3 rings (SSSR count). The molecule has 114 valence electrons. The SMILES string of the molecule is CC(=O)N1c2cccnc2C(Nc2ccccc2)[C@@H](C)[C@@H]1C. The molecule has 1 aromatic carbocycles. The van der Waals surface area contributed by atoms with E-state index in [9.17, 15) is 4.79 Å². The summed E-state index contributed by atoms with van der Waals surface area (Å²) in [7, 11) is 0. The number of benzene rings is 1. The topological polar surface area (TPSA) is 45.2 Å². The van der Waals surface area contributed by atoms with Crippen LogP contribution in [0.3, 0.4) is 0 Å². The zero-order valence-electron chi connectivity index (χ0n) is 13.2. The van der Waals surface area contributed by atoms with Crippen molar-refractivity contribution in [1.82, 2.24) is 4.98 Å². The van der Waals surface area contributed by atoms with Crippen molar-refractivity contribution in [3.63, 3.8) is 0 Å². The molecule has 1 aliphatic heterocycles. The monoisotopic (exact) mass is 295 g/mol. The Balaban J connectivity index is 2.03. The third kappa shape index (κ3) is 2.45. The van der Waals surface area contributed by atoms with Gasteiger partial charge in [0.15, 0.2) is 0 Å². The molecular weight excluding hydrogens is 274 g/mol. The van der Waals surface area contributed by atoms with Gasteiger partial charge in [0.1, 0.15) is 0 Å². The highest BCUT2D eigenvalue weighted by molar-refractivity contribution is 5.93. The Bertz CT molecular complexity index is 671. The van der Waals surface area contributed by atoms with Crippen LogP contribution in [0.5, 0.6) is 0 Å². The molecule has 0 bridgehead atoms. The zero-order valence-corrected chi connectivity index (χ0v) is 13.2. The van der Waals surface area contributed by atoms with Crippen LogP contribution >= 0.6 is 0 Å². The molecule has 0 saturated heterocycles.